The summed E-state index contributed by atoms with van der Waals surface area (Å²) in [7, 11) is 1.73. The number of rotatable bonds is 4. The van der Waals surface area contributed by atoms with E-state index in [-0.39, 0.29) is 12.4 Å². The zero-order chi connectivity index (χ0) is 13.8. The zero-order valence-electron chi connectivity index (χ0n) is 12.9. The van der Waals surface area contributed by atoms with Crippen LogP contribution in [-0.2, 0) is 0 Å². The molecule has 0 amide bonds. The van der Waals surface area contributed by atoms with Crippen molar-refractivity contribution in [3.8, 4) is 5.75 Å². The van der Waals surface area contributed by atoms with Crippen LogP contribution in [0.15, 0.2) is 24.3 Å². The van der Waals surface area contributed by atoms with Crippen LogP contribution in [0.1, 0.15) is 30.7 Å². The van der Waals surface area contributed by atoms with Crippen molar-refractivity contribution in [3.63, 3.8) is 0 Å². The maximum atomic E-state index is 5.24. The largest absolute Gasteiger partial charge is 0.497 e. The molecule has 118 valence electrons. The standard InChI is InChI=1S/C17H26N2O.ClH/c1-20-17-4-2-15(3-5-17)16-8-11-19(13-16)12-14-6-9-18-10-7-14;/h2-5,14,16,18H,6-13H2,1H3;1H. The topological polar surface area (TPSA) is 24.5 Å². The highest BCUT2D eigenvalue weighted by molar-refractivity contribution is 5.85. The van der Waals surface area contributed by atoms with Gasteiger partial charge in [0.05, 0.1) is 7.11 Å². The van der Waals surface area contributed by atoms with Crippen LogP contribution in [0.3, 0.4) is 0 Å². The van der Waals surface area contributed by atoms with Gasteiger partial charge >= 0.3 is 0 Å². The normalized spacial score (nSPS) is 23.8. The Balaban J connectivity index is 0.00000161. The molecule has 21 heavy (non-hydrogen) atoms. The van der Waals surface area contributed by atoms with E-state index in [0.29, 0.717) is 5.92 Å². The molecule has 0 aliphatic carbocycles. The number of nitrogens with one attached hydrogen (secondary N) is 1. The molecule has 2 aliphatic heterocycles. The summed E-state index contributed by atoms with van der Waals surface area (Å²) in [5, 5.41) is 3.45. The van der Waals surface area contributed by atoms with E-state index in [1.807, 2.05) is 0 Å². The number of hydrogen-bond acceptors (Lipinski definition) is 3. The molecule has 0 spiro atoms. The molecular formula is C17H27ClN2O. The molecule has 1 atom stereocenters. The second-order valence-corrected chi connectivity index (χ2v) is 6.21. The van der Waals surface area contributed by atoms with Crippen LogP contribution >= 0.6 is 12.4 Å². The van der Waals surface area contributed by atoms with Gasteiger partial charge in [0, 0.05) is 13.1 Å². The Hall–Kier alpha value is -0.770. The lowest BCUT2D eigenvalue weighted by atomic mass is 9.97. The van der Waals surface area contributed by atoms with Crippen molar-refractivity contribution in [1.82, 2.24) is 10.2 Å². The number of hydrogen-bond donors (Lipinski definition) is 1. The summed E-state index contributed by atoms with van der Waals surface area (Å²) in [4.78, 5) is 2.67. The van der Waals surface area contributed by atoms with Crippen molar-refractivity contribution in [3.05, 3.63) is 29.8 Å². The molecule has 1 aromatic carbocycles. The molecular weight excluding hydrogens is 284 g/mol. The average Bonchev–Trinajstić information content (AvgIpc) is 2.97. The van der Waals surface area contributed by atoms with Gasteiger partial charge < -0.3 is 15.0 Å². The van der Waals surface area contributed by atoms with E-state index < -0.39 is 0 Å². The summed E-state index contributed by atoms with van der Waals surface area (Å²) in [6.45, 7) is 6.21. The van der Waals surface area contributed by atoms with E-state index in [1.165, 1.54) is 57.5 Å². The average molecular weight is 311 g/mol. The minimum atomic E-state index is 0. The Bertz CT molecular complexity index is 417. The molecule has 1 N–H and O–H groups in total. The van der Waals surface area contributed by atoms with Crippen molar-refractivity contribution >= 4 is 12.4 Å². The van der Waals surface area contributed by atoms with E-state index in [9.17, 15) is 0 Å². The molecule has 2 saturated heterocycles. The van der Waals surface area contributed by atoms with Gasteiger partial charge in [0.25, 0.3) is 0 Å². The van der Waals surface area contributed by atoms with E-state index >= 15 is 0 Å². The van der Waals surface area contributed by atoms with Crippen LogP contribution in [0.5, 0.6) is 5.75 Å². The van der Waals surface area contributed by atoms with Gasteiger partial charge in [-0.15, -0.1) is 12.4 Å². The minimum Gasteiger partial charge on any atom is -0.497 e. The number of halogens is 1. The Kier molecular flexibility index (Phi) is 6.34. The van der Waals surface area contributed by atoms with E-state index in [1.54, 1.807) is 7.11 Å². The summed E-state index contributed by atoms with van der Waals surface area (Å²) in [5.41, 5.74) is 1.47. The summed E-state index contributed by atoms with van der Waals surface area (Å²) in [6.07, 6.45) is 4.00. The van der Waals surface area contributed by atoms with E-state index in [4.69, 9.17) is 4.74 Å². The fourth-order valence-corrected chi connectivity index (χ4v) is 3.58. The maximum absolute atomic E-state index is 5.24. The summed E-state index contributed by atoms with van der Waals surface area (Å²) in [5.74, 6) is 2.58. The molecule has 2 aliphatic rings. The molecule has 1 aromatic rings. The van der Waals surface area contributed by atoms with Crippen LogP contribution < -0.4 is 10.1 Å². The number of benzene rings is 1. The first-order valence-electron chi connectivity index (χ1n) is 7.92. The maximum Gasteiger partial charge on any atom is 0.118 e. The second kappa shape index (κ2) is 8.02. The van der Waals surface area contributed by atoms with Gasteiger partial charge in [-0.05, 0) is 68.4 Å². The first kappa shape index (κ1) is 16.6. The van der Waals surface area contributed by atoms with Gasteiger partial charge in [0.2, 0.25) is 0 Å². The van der Waals surface area contributed by atoms with Gasteiger partial charge in [-0.25, -0.2) is 0 Å². The quantitative estimate of drug-likeness (QED) is 0.925. The lowest BCUT2D eigenvalue weighted by Crippen LogP contribution is -2.35. The fourth-order valence-electron chi connectivity index (χ4n) is 3.58. The van der Waals surface area contributed by atoms with Gasteiger partial charge in [0.1, 0.15) is 5.75 Å². The molecule has 2 fully saturated rings. The minimum absolute atomic E-state index is 0. The fraction of sp³-hybridized carbons (Fsp3) is 0.647. The Labute approximate surface area is 134 Å². The highest BCUT2D eigenvalue weighted by atomic mass is 35.5. The number of nitrogens with zero attached hydrogens (tertiary/aromatic N) is 1. The first-order chi connectivity index (χ1) is 9.85. The molecule has 0 aromatic heterocycles. The van der Waals surface area contributed by atoms with Gasteiger partial charge in [-0.3, -0.25) is 0 Å². The molecule has 0 saturated carbocycles. The lowest BCUT2D eigenvalue weighted by molar-refractivity contribution is 0.239. The molecule has 4 heteroatoms. The van der Waals surface area contributed by atoms with Crippen LogP contribution in [0.4, 0.5) is 0 Å². The highest BCUT2D eigenvalue weighted by Gasteiger charge is 2.26. The van der Waals surface area contributed by atoms with Crippen molar-refractivity contribution in [2.24, 2.45) is 5.92 Å². The van der Waals surface area contributed by atoms with Crippen molar-refractivity contribution in [1.29, 1.82) is 0 Å². The number of methoxy groups -OCH3 is 1. The monoisotopic (exact) mass is 310 g/mol. The summed E-state index contributed by atoms with van der Waals surface area (Å²) < 4.78 is 5.24. The number of ether oxygens (including phenoxy) is 1. The summed E-state index contributed by atoms with van der Waals surface area (Å²) >= 11 is 0. The number of likely N-dealkylation sites (tertiary alicyclic amines) is 1. The molecule has 0 bridgehead atoms. The first-order valence-corrected chi connectivity index (χ1v) is 7.92. The second-order valence-electron chi connectivity index (χ2n) is 6.21. The molecule has 3 rings (SSSR count). The van der Waals surface area contributed by atoms with Crippen LogP contribution in [0.25, 0.3) is 0 Å². The smallest absolute Gasteiger partial charge is 0.118 e. The highest BCUT2D eigenvalue weighted by Crippen LogP contribution is 2.29. The van der Waals surface area contributed by atoms with E-state index in [0.717, 1.165) is 11.7 Å². The molecule has 0 radical (unpaired) electrons. The van der Waals surface area contributed by atoms with E-state index in [2.05, 4.69) is 34.5 Å². The van der Waals surface area contributed by atoms with Gasteiger partial charge in [-0.1, -0.05) is 12.1 Å². The molecule has 2 heterocycles. The third-order valence-electron chi connectivity index (χ3n) is 4.83. The third-order valence-corrected chi connectivity index (χ3v) is 4.83. The van der Waals surface area contributed by atoms with Crippen molar-refractivity contribution in [2.45, 2.75) is 25.2 Å². The van der Waals surface area contributed by atoms with Gasteiger partial charge in [0.15, 0.2) is 0 Å². The Morgan fingerprint density at radius 3 is 2.52 bits per heavy atom. The summed E-state index contributed by atoms with van der Waals surface area (Å²) in [6, 6.07) is 8.64. The predicted molar refractivity (Wildman–Crippen MR) is 89.6 cm³/mol. The van der Waals surface area contributed by atoms with Crippen LogP contribution in [-0.4, -0.2) is 44.7 Å². The Morgan fingerprint density at radius 2 is 1.86 bits per heavy atom. The molecule has 1 unspecified atom stereocenters. The third kappa shape index (κ3) is 4.35. The van der Waals surface area contributed by atoms with Crippen LogP contribution in [0.2, 0.25) is 0 Å². The number of piperidine rings is 1. The van der Waals surface area contributed by atoms with Gasteiger partial charge in [-0.2, -0.15) is 0 Å². The van der Waals surface area contributed by atoms with Crippen LogP contribution in [0, 0.1) is 5.92 Å². The predicted octanol–water partition coefficient (Wildman–Crippen LogP) is 2.91. The van der Waals surface area contributed by atoms with Crippen molar-refractivity contribution in [2.75, 3.05) is 39.8 Å². The Morgan fingerprint density at radius 1 is 1.14 bits per heavy atom. The lowest BCUT2D eigenvalue weighted by Gasteiger charge is -2.27. The zero-order valence-corrected chi connectivity index (χ0v) is 13.7. The SMILES string of the molecule is COc1ccc(C2CCN(CC3CCNCC3)C2)cc1.Cl. The van der Waals surface area contributed by atoms with Crippen molar-refractivity contribution < 1.29 is 4.74 Å². The molecule has 3 nitrogen and oxygen atoms in total.